The Kier molecular flexibility index (Phi) is 10.0. The predicted molar refractivity (Wildman–Crippen MR) is 84.7 cm³/mol. The molecular weight excluding hydrogens is 240 g/mol. The van der Waals surface area contributed by atoms with Crippen molar-refractivity contribution >= 4 is 10.2 Å². The van der Waals surface area contributed by atoms with Crippen molar-refractivity contribution < 1.29 is 4.74 Å². The van der Waals surface area contributed by atoms with Gasteiger partial charge in [0.15, 0.2) is 0 Å². The number of hydrogen-bond acceptors (Lipinski definition) is 3. The highest BCUT2D eigenvalue weighted by atomic mass is 28.1. The lowest BCUT2D eigenvalue weighted by molar-refractivity contribution is 0.173. The Balaban J connectivity index is 4.06. The average molecular weight is 275 g/mol. The van der Waals surface area contributed by atoms with E-state index in [0.717, 1.165) is 6.61 Å². The van der Waals surface area contributed by atoms with Crippen LogP contribution in [0.1, 0.15) is 32.1 Å². The molecular formula is C14H34N2OSi. The molecule has 0 aliphatic heterocycles. The largest absolute Gasteiger partial charge is 0.385 e. The Hall–Kier alpha value is 0.0969. The van der Waals surface area contributed by atoms with Crippen molar-refractivity contribution in [2.45, 2.75) is 37.1 Å². The van der Waals surface area contributed by atoms with Gasteiger partial charge in [0, 0.05) is 24.0 Å². The van der Waals surface area contributed by atoms with Gasteiger partial charge < -0.3 is 14.5 Å². The van der Waals surface area contributed by atoms with Crippen molar-refractivity contribution in [2.75, 3.05) is 55.0 Å². The second-order valence-electron chi connectivity index (χ2n) is 6.37. The minimum Gasteiger partial charge on any atom is -0.385 e. The van der Waals surface area contributed by atoms with Gasteiger partial charge in [-0.15, -0.1) is 0 Å². The predicted octanol–water partition coefficient (Wildman–Crippen LogP) is 1.23. The standard InChI is InChI=1S/C14H34N2OSi/c1-15(2)11-6-8-14(18,10-13-17-5)9-7-12-16(3)4/h6-13H2,1-5,18H3. The van der Waals surface area contributed by atoms with Crippen LogP contribution in [0, 0.1) is 0 Å². The molecule has 0 N–H and O–H groups in total. The summed E-state index contributed by atoms with van der Waals surface area (Å²) in [5.74, 6) is 0. The van der Waals surface area contributed by atoms with Crippen molar-refractivity contribution in [3.63, 3.8) is 0 Å². The molecule has 0 radical (unpaired) electrons. The molecule has 0 heterocycles. The fourth-order valence-electron chi connectivity index (χ4n) is 2.37. The molecule has 0 aromatic carbocycles. The third-order valence-electron chi connectivity index (χ3n) is 3.68. The Bertz CT molecular complexity index is 184. The third kappa shape index (κ3) is 10.1. The van der Waals surface area contributed by atoms with Crippen LogP contribution in [-0.4, -0.2) is 75.0 Å². The summed E-state index contributed by atoms with van der Waals surface area (Å²) in [4.78, 5) is 4.58. The first kappa shape index (κ1) is 18.1. The van der Waals surface area contributed by atoms with E-state index >= 15 is 0 Å². The molecule has 0 aliphatic carbocycles. The summed E-state index contributed by atoms with van der Waals surface area (Å²) in [5, 5.41) is 0.585. The van der Waals surface area contributed by atoms with Crippen LogP contribution in [0.2, 0.25) is 5.04 Å². The van der Waals surface area contributed by atoms with Crippen LogP contribution in [0.15, 0.2) is 0 Å². The monoisotopic (exact) mass is 274 g/mol. The summed E-state index contributed by atoms with van der Waals surface area (Å²) in [5.41, 5.74) is 0. The minimum atomic E-state index is 0.585. The number of rotatable bonds is 11. The van der Waals surface area contributed by atoms with Crippen LogP contribution in [0.25, 0.3) is 0 Å². The van der Waals surface area contributed by atoms with Crippen LogP contribution in [-0.2, 0) is 4.74 Å². The first-order chi connectivity index (χ1) is 8.39. The SMILES string of the molecule is COCCC([SiH3])(CCCN(C)C)CCCN(C)C. The Morgan fingerprint density at radius 2 is 1.33 bits per heavy atom. The molecule has 0 saturated heterocycles. The number of ether oxygens (including phenoxy) is 1. The maximum Gasteiger partial charge on any atom is 0.0464 e. The van der Waals surface area contributed by atoms with E-state index in [-0.39, 0.29) is 0 Å². The number of hydrogen-bond donors (Lipinski definition) is 0. The fourth-order valence-corrected chi connectivity index (χ4v) is 3.28. The van der Waals surface area contributed by atoms with Gasteiger partial charge in [0.25, 0.3) is 0 Å². The molecule has 0 aromatic heterocycles. The Morgan fingerprint density at radius 1 is 0.889 bits per heavy atom. The molecule has 0 aromatic rings. The number of methoxy groups -OCH3 is 1. The van der Waals surface area contributed by atoms with Crippen LogP contribution in [0.5, 0.6) is 0 Å². The van der Waals surface area contributed by atoms with Crippen molar-refractivity contribution in [1.82, 2.24) is 9.80 Å². The molecule has 0 atom stereocenters. The van der Waals surface area contributed by atoms with Crippen molar-refractivity contribution in [3.8, 4) is 0 Å². The Morgan fingerprint density at radius 3 is 1.67 bits per heavy atom. The van der Waals surface area contributed by atoms with Gasteiger partial charge >= 0.3 is 0 Å². The van der Waals surface area contributed by atoms with Gasteiger partial charge in [-0.1, -0.05) is 0 Å². The Labute approximate surface area is 117 Å². The molecule has 0 fully saturated rings. The molecule has 4 heteroatoms. The maximum atomic E-state index is 5.29. The highest BCUT2D eigenvalue weighted by Crippen LogP contribution is 2.37. The van der Waals surface area contributed by atoms with Crippen LogP contribution in [0.4, 0.5) is 0 Å². The van der Waals surface area contributed by atoms with Crippen molar-refractivity contribution in [3.05, 3.63) is 0 Å². The van der Waals surface area contributed by atoms with E-state index in [1.807, 2.05) is 7.11 Å². The maximum absolute atomic E-state index is 5.29. The van der Waals surface area contributed by atoms with Gasteiger partial charge in [0.1, 0.15) is 0 Å². The topological polar surface area (TPSA) is 15.7 Å². The van der Waals surface area contributed by atoms with E-state index in [1.54, 1.807) is 0 Å². The second-order valence-corrected chi connectivity index (χ2v) is 8.49. The highest BCUT2D eigenvalue weighted by molar-refractivity contribution is 6.15. The summed E-state index contributed by atoms with van der Waals surface area (Å²) >= 11 is 0. The van der Waals surface area contributed by atoms with E-state index < -0.39 is 0 Å². The average Bonchev–Trinajstić information content (AvgIpc) is 2.25. The molecule has 0 saturated carbocycles. The molecule has 18 heavy (non-hydrogen) atoms. The highest BCUT2D eigenvalue weighted by Gasteiger charge is 2.23. The molecule has 3 nitrogen and oxygen atoms in total. The molecule has 0 amide bonds. The summed E-state index contributed by atoms with van der Waals surface area (Å²) < 4.78 is 5.29. The van der Waals surface area contributed by atoms with Gasteiger partial charge in [-0.2, -0.15) is 0 Å². The third-order valence-corrected chi connectivity index (χ3v) is 5.18. The van der Waals surface area contributed by atoms with E-state index in [9.17, 15) is 0 Å². The quantitative estimate of drug-likeness (QED) is 0.527. The number of nitrogens with zero attached hydrogens (tertiary/aromatic N) is 2. The minimum absolute atomic E-state index is 0.585. The summed E-state index contributed by atoms with van der Waals surface area (Å²) in [6, 6.07) is 0. The normalized spacial score (nSPS) is 12.8. The fraction of sp³-hybridized carbons (Fsp3) is 1.00. The van der Waals surface area contributed by atoms with E-state index in [1.165, 1.54) is 55.4 Å². The van der Waals surface area contributed by atoms with Gasteiger partial charge in [-0.25, -0.2) is 0 Å². The molecule has 0 aliphatic rings. The smallest absolute Gasteiger partial charge is 0.0464 e. The molecule has 0 spiro atoms. The lowest BCUT2D eigenvalue weighted by atomic mass is 9.92. The first-order valence-electron chi connectivity index (χ1n) is 7.18. The summed E-state index contributed by atoms with van der Waals surface area (Å²) in [7, 11) is 11.8. The summed E-state index contributed by atoms with van der Waals surface area (Å²) in [6.07, 6.45) is 6.63. The zero-order chi connectivity index (χ0) is 14.0. The first-order valence-corrected chi connectivity index (χ1v) is 8.18. The molecule has 0 rings (SSSR count). The second kappa shape index (κ2) is 9.95. The molecule has 0 bridgehead atoms. The lowest BCUT2D eigenvalue weighted by Gasteiger charge is -2.30. The van der Waals surface area contributed by atoms with E-state index in [0.29, 0.717) is 5.04 Å². The van der Waals surface area contributed by atoms with E-state index in [4.69, 9.17) is 4.74 Å². The lowest BCUT2D eigenvalue weighted by Crippen LogP contribution is -2.21. The van der Waals surface area contributed by atoms with E-state index in [2.05, 4.69) is 38.0 Å². The molecule has 110 valence electrons. The van der Waals surface area contributed by atoms with Crippen LogP contribution >= 0.6 is 0 Å². The van der Waals surface area contributed by atoms with Gasteiger partial charge in [0.05, 0.1) is 0 Å². The summed E-state index contributed by atoms with van der Waals surface area (Å²) in [6.45, 7) is 3.35. The van der Waals surface area contributed by atoms with Crippen LogP contribution in [0.3, 0.4) is 0 Å². The van der Waals surface area contributed by atoms with Gasteiger partial charge in [0.2, 0.25) is 0 Å². The van der Waals surface area contributed by atoms with Crippen molar-refractivity contribution in [2.24, 2.45) is 0 Å². The van der Waals surface area contributed by atoms with Crippen LogP contribution < -0.4 is 0 Å². The van der Waals surface area contributed by atoms with Gasteiger partial charge in [-0.05, 0) is 78.4 Å². The molecule has 0 unspecified atom stereocenters. The van der Waals surface area contributed by atoms with Crippen molar-refractivity contribution in [1.29, 1.82) is 0 Å². The zero-order valence-corrected chi connectivity index (χ0v) is 15.5. The zero-order valence-electron chi connectivity index (χ0n) is 13.5. The van der Waals surface area contributed by atoms with Gasteiger partial charge in [-0.3, -0.25) is 0 Å².